The number of anilines is 1. The molecule has 1 aromatic carbocycles. The molecule has 0 radical (unpaired) electrons. The van der Waals surface area contributed by atoms with Crippen LogP contribution in [0.3, 0.4) is 0 Å². The molecule has 7 heteroatoms. The second-order valence-corrected chi connectivity index (χ2v) is 7.98. The second-order valence-electron chi connectivity index (χ2n) is 7.98. The van der Waals surface area contributed by atoms with Crippen molar-refractivity contribution >= 4 is 23.5 Å². The van der Waals surface area contributed by atoms with Crippen LogP contribution in [0.5, 0.6) is 0 Å². The Hall–Kier alpha value is -2.57. The molecule has 0 heterocycles. The van der Waals surface area contributed by atoms with Crippen molar-refractivity contribution in [3.63, 3.8) is 0 Å². The maximum atomic E-state index is 12.1. The van der Waals surface area contributed by atoms with Gasteiger partial charge in [-0.2, -0.15) is 0 Å². The van der Waals surface area contributed by atoms with E-state index in [1.165, 1.54) is 19.3 Å². The number of benzene rings is 1. The smallest absolute Gasteiger partial charge is 0.315 e. The van der Waals surface area contributed by atoms with Crippen LogP contribution in [-0.4, -0.2) is 36.5 Å². The lowest BCUT2D eigenvalue weighted by atomic mass is 9.96. The largest absolute Gasteiger partial charge is 0.354 e. The Labute approximate surface area is 173 Å². The summed E-state index contributed by atoms with van der Waals surface area (Å²) < 4.78 is 0. The summed E-state index contributed by atoms with van der Waals surface area (Å²) in [5, 5.41) is 11.5. The third kappa shape index (κ3) is 9.45. The number of hydrogen-bond acceptors (Lipinski definition) is 3. The van der Waals surface area contributed by atoms with Crippen LogP contribution in [0.1, 0.15) is 64.4 Å². The normalized spacial score (nSPS) is 14.3. The topological polar surface area (TPSA) is 99.3 Å². The summed E-state index contributed by atoms with van der Waals surface area (Å²) in [5.41, 5.74) is 1.60. The van der Waals surface area contributed by atoms with E-state index in [4.69, 9.17) is 0 Å². The Morgan fingerprint density at radius 2 is 1.69 bits per heavy atom. The van der Waals surface area contributed by atoms with E-state index in [2.05, 4.69) is 21.3 Å². The molecule has 0 atom stereocenters. The average molecular weight is 403 g/mol. The first-order valence-electron chi connectivity index (χ1n) is 10.6. The molecule has 1 saturated carbocycles. The molecule has 29 heavy (non-hydrogen) atoms. The fourth-order valence-corrected chi connectivity index (χ4v) is 3.42. The number of rotatable bonds is 9. The molecule has 2 rings (SSSR count). The summed E-state index contributed by atoms with van der Waals surface area (Å²) in [7, 11) is 0. The van der Waals surface area contributed by atoms with E-state index in [0.29, 0.717) is 31.5 Å². The van der Waals surface area contributed by atoms with Crippen molar-refractivity contribution in [2.45, 2.75) is 77.3 Å². The van der Waals surface area contributed by atoms with Crippen molar-refractivity contribution in [1.82, 2.24) is 16.0 Å². The van der Waals surface area contributed by atoms with Gasteiger partial charge in [0, 0.05) is 30.7 Å². The summed E-state index contributed by atoms with van der Waals surface area (Å²) in [4.78, 5) is 35.7. The molecule has 1 aliphatic carbocycles. The van der Waals surface area contributed by atoms with Gasteiger partial charge in [0.15, 0.2) is 0 Å². The maximum Gasteiger partial charge on any atom is 0.315 e. The second kappa shape index (κ2) is 12.1. The third-order valence-electron chi connectivity index (χ3n) is 4.86. The fourth-order valence-electron chi connectivity index (χ4n) is 3.42. The van der Waals surface area contributed by atoms with E-state index in [-0.39, 0.29) is 29.9 Å². The number of carbonyl (C=O) groups excluding carboxylic acids is 3. The first-order valence-corrected chi connectivity index (χ1v) is 10.6. The minimum atomic E-state index is -0.144. The summed E-state index contributed by atoms with van der Waals surface area (Å²) >= 11 is 0. The Bertz CT molecular complexity index is 667. The predicted molar refractivity (Wildman–Crippen MR) is 115 cm³/mol. The van der Waals surface area contributed by atoms with Gasteiger partial charge in [-0.05, 0) is 50.8 Å². The van der Waals surface area contributed by atoms with Gasteiger partial charge in [-0.25, -0.2) is 4.79 Å². The van der Waals surface area contributed by atoms with Crippen molar-refractivity contribution in [2.24, 2.45) is 0 Å². The summed E-state index contributed by atoms with van der Waals surface area (Å²) in [6, 6.07) is 7.53. The number of carbonyl (C=O) groups is 3. The van der Waals surface area contributed by atoms with Gasteiger partial charge >= 0.3 is 6.03 Å². The molecule has 0 bridgehead atoms. The van der Waals surface area contributed by atoms with Crippen molar-refractivity contribution in [2.75, 3.05) is 11.9 Å². The van der Waals surface area contributed by atoms with E-state index in [1.807, 2.05) is 26.0 Å². The zero-order chi connectivity index (χ0) is 21.1. The van der Waals surface area contributed by atoms with Gasteiger partial charge in [0.1, 0.15) is 0 Å². The van der Waals surface area contributed by atoms with Gasteiger partial charge in [-0.3, -0.25) is 9.59 Å². The van der Waals surface area contributed by atoms with Crippen LogP contribution in [-0.2, 0) is 16.0 Å². The summed E-state index contributed by atoms with van der Waals surface area (Å²) in [5.74, 6) is -0.110. The lowest BCUT2D eigenvalue weighted by Gasteiger charge is -2.22. The highest BCUT2D eigenvalue weighted by molar-refractivity contribution is 5.90. The molecule has 0 unspecified atom stereocenters. The Morgan fingerprint density at radius 1 is 1.00 bits per heavy atom. The first-order chi connectivity index (χ1) is 13.9. The molecule has 0 aromatic heterocycles. The molecule has 1 aromatic rings. The molecule has 0 aliphatic heterocycles. The van der Waals surface area contributed by atoms with Crippen molar-refractivity contribution in [3.8, 4) is 0 Å². The van der Waals surface area contributed by atoms with E-state index in [9.17, 15) is 14.4 Å². The minimum absolute atomic E-state index is 0.0168. The molecule has 0 saturated heterocycles. The van der Waals surface area contributed by atoms with Gasteiger partial charge < -0.3 is 21.3 Å². The maximum absolute atomic E-state index is 12.1. The van der Waals surface area contributed by atoms with E-state index < -0.39 is 0 Å². The van der Waals surface area contributed by atoms with Crippen LogP contribution in [0, 0.1) is 0 Å². The molecular formula is C22H34N4O3. The van der Waals surface area contributed by atoms with E-state index >= 15 is 0 Å². The van der Waals surface area contributed by atoms with Gasteiger partial charge in [0.05, 0.1) is 6.42 Å². The lowest BCUT2D eigenvalue weighted by Crippen LogP contribution is -2.43. The Balaban J connectivity index is 1.61. The highest BCUT2D eigenvalue weighted by Gasteiger charge is 2.15. The number of hydrogen-bond donors (Lipinski definition) is 4. The lowest BCUT2D eigenvalue weighted by molar-refractivity contribution is -0.121. The number of nitrogens with one attached hydrogen (secondary N) is 4. The van der Waals surface area contributed by atoms with Crippen molar-refractivity contribution in [3.05, 3.63) is 29.8 Å². The quantitative estimate of drug-likeness (QED) is 0.478. The van der Waals surface area contributed by atoms with Crippen LogP contribution < -0.4 is 21.3 Å². The minimum Gasteiger partial charge on any atom is -0.354 e. The molecule has 160 valence electrons. The molecule has 0 spiro atoms. The van der Waals surface area contributed by atoms with Gasteiger partial charge in [0.2, 0.25) is 11.8 Å². The predicted octanol–water partition coefficient (Wildman–Crippen LogP) is 3.10. The van der Waals surface area contributed by atoms with Crippen molar-refractivity contribution in [1.29, 1.82) is 0 Å². The highest BCUT2D eigenvalue weighted by Crippen LogP contribution is 2.17. The van der Waals surface area contributed by atoms with Crippen LogP contribution in [0.2, 0.25) is 0 Å². The first kappa shape index (κ1) is 22.7. The summed E-state index contributed by atoms with van der Waals surface area (Å²) in [6.07, 6.45) is 6.95. The van der Waals surface area contributed by atoms with Gasteiger partial charge in [-0.15, -0.1) is 0 Å². The Kier molecular flexibility index (Phi) is 9.47. The average Bonchev–Trinajstić information content (AvgIpc) is 2.67. The zero-order valence-electron chi connectivity index (χ0n) is 17.6. The van der Waals surface area contributed by atoms with E-state index in [0.717, 1.165) is 18.4 Å². The fraction of sp³-hybridized carbons (Fsp3) is 0.591. The van der Waals surface area contributed by atoms with Gasteiger partial charge in [-0.1, -0.05) is 31.4 Å². The number of amides is 4. The third-order valence-corrected chi connectivity index (χ3v) is 4.86. The van der Waals surface area contributed by atoms with Crippen LogP contribution in [0.15, 0.2) is 24.3 Å². The number of urea groups is 1. The van der Waals surface area contributed by atoms with Crippen LogP contribution in [0.25, 0.3) is 0 Å². The van der Waals surface area contributed by atoms with Crippen LogP contribution in [0.4, 0.5) is 10.5 Å². The molecule has 4 N–H and O–H groups in total. The molecule has 1 fully saturated rings. The SMILES string of the molecule is CC(C)NC(=O)Cc1ccc(NC(=O)CCCNC(=O)NC2CCCCC2)cc1. The Morgan fingerprint density at radius 3 is 2.34 bits per heavy atom. The zero-order valence-corrected chi connectivity index (χ0v) is 17.6. The van der Waals surface area contributed by atoms with E-state index in [1.54, 1.807) is 12.1 Å². The molecule has 1 aliphatic rings. The highest BCUT2D eigenvalue weighted by atomic mass is 16.2. The molecule has 7 nitrogen and oxygen atoms in total. The van der Waals surface area contributed by atoms with Crippen molar-refractivity contribution < 1.29 is 14.4 Å². The summed E-state index contributed by atoms with van der Waals surface area (Å²) in [6.45, 7) is 4.32. The standard InChI is InChI=1S/C22H34N4O3/c1-16(2)24-21(28)15-17-10-12-19(13-11-17)25-20(27)9-6-14-23-22(29)26-18-7-4-3-5-8-18/h10-13,16,18H,3-9,14-15H2,1-2H3,(H,24,28)(H,25,27)(H2,23,26,29). The van der Waals surface area contributed by atoms with Crippen LogP contribution >= 0.6 is 0 Å². The monoisotopic (exact) mass is 402 g/mol. The molecule has 4 amide bonds. The molecular weight excluding hydrogens is 368 g/mol. The van der Waals surface area contributed by atoms with Gasteiger partial charge in [0.25, 0.3) is 0 Å².